The molecule has 16 rings (SSSR count). The van der Waals surface area contributed by atoms with Crippen LogP contribution in [0.3, 0.4) is 0 Å². The monoisotopic (exact) mass is 1830 g/mol. The fourth-order valence-electron chi connectivity index (χ4n) is 26.2. The van der Waals surface area contributed by atoms with Gasteiger partial charge in [0.1, 0.15) is 32.3 Å². The summed E-state index contributed by atoms with van der Waals surface area (Å²) in [6.45, 7) is 62.8. The van der Waals surface area contributed by atoms with Gasteiger partial charge in [-0.3, -0.25) is 0 Å². The second-order valence-electron chi connectivity index (χ2n) is 45.5. The Hall–Kier alpha value is -5.06. The Labute approximate surface area is 794 Å². The summed E-state index contributed by atoms with van der Waals surface area (Å²) in [5.41, 5.74) is 9.86. The van der Waals surface area contributed by atoms with Gasteiger partial charge in [0.2, 0.25) is 0 Å². The molecule has 0 saturated heterocycles. The summed E-state index contributed by atoms with van der Waals surface area (Å²) < 4.78 is 14.0. The van der Waals surface area contributed by atoms with Gasteiger partial charge in [0.05, 0.1) is 21.7 Å². The highest BCUT2D eigenvalue weighted by molar-refractivity contribution is 7.08. The number of hydrogen-bond donors (Lipinski definition) is 0. The molecule has 0 bridgehead atoms. The SMILES string of the molecule is CC(C)[Si](C)(C(C)C)C1(C)CCCCC1.CC(C)[Si](C)(C(C)C)C1(C)CCCCC1.CC1([Si](C)(c2ccccc2)c2ccccc2)CCCCC1.CC1([Si](C)(c2ccccc2)c2ccccc2)CCCCC1.CC1([Si]2(C)c3ccccc3-c3ccccc32)CCCCC1.CC1([Si]2(C)c3ccccc3-c3ccccc32)CCCCC1.CCOC.CCOC.COC(C)(C)C. The Balaban J connectivity index is 0.000000185. The molecular formula is C119H188O3Si6. The molecule has 0 N–H and O–H groups in total. The van der Waals surface area contributed by atoms with Crippen molar-refractivity contribution in [2.45, 2.75) is 421 Å². The molecule has 0 radical (unpaired) electrons. The topological polar surface area (TPSA) is 27.7 Å². The summed E-state index contributed by atoms with van der Waals surface area (Å²) in [7, 11) is -3.94. The Morgan fingerprint density at radius 1 is 0.273 bits per heavy atom. The summed E-state index contributed by atoms with van der Waals surface area (Å²) in [5.74, 6) is 0. The molecule has 8 aromatic carbocycles. The minimum atomic E-state index is -1.73. The van der Waals surface area contributed by atoms with Crippen LogP contribution in [0.2, 0.25) is 91.7 Å². The maximum atomic E-state index is 4.94. The fraction of sp³-hybridized carbons (Fsp3) is 0.597. The van der Waals surface area contributed by atoms with Gasteiger partial charge in [-0.1, -0.05) is 539 Å². The zero-order valence-corrected chi connectivity index (χ0v) is 93.4. The normalized spacial score (nSPS) is 19.4. The molecule has 6 aliphatic carbocycles. The molecule has 6 saturated carbocycles. The number of rotatable bonds is 16. The van der Waals surface area contributed by atoms with E-state index < -0.39 is 48.4 Å². The van der Waals surface area contributed by atoms with Crippen molar-refractivity contribution in [3.63, 3.8) is 0 Å². The average molecular weight is 1840 g/mol. The van der Waals surface area contributed by atoms with Crippen molar-refractivity contribution in [3.8, 4) is 22.3 Å². The van der Waals surface area contributed by atoms with E-state index in [0.29, 0.717) is 30.2 Å². The average Bonchev–Trinajstić information content (AvgIpc) is 1.53. The van der Waals surface area contributed by atoms with Crippen molar-refractivity contribution in [2.24, 2.45) is 0 Å². The molecule has 128 heavy (non-hydrogen) atoms. The van der Waals surface area contributed by atoms with Crippen molar-refractivity contribution >= 4 is 89.9 Å². The highest BCUT2D eigenvalue weighted by atomic mass is 28.3. The molecule has 3 nitrogen and oxygen atoms in total. The molecule has 6 fully saturated rings. The van der Waals surface area contributed by atoms with Gasteiger partial charge in [0, 0.05) is 34.5 Å². The first kappa shape index (κ1) is 108. The van der Waals surface area contributed by atoms with E-state index in [1.807, 2.05) is 34.6 Å². The van der Waals surface area contributed by atoms with Crippen LogP contribution in [0.4, 0.5) is 0 Å². The maximum absolute atomic E-state index is 4.94. The van der Waals surface area contributed by atoms with Crippen LogP contribution in [0.15, 0.2) is 218 Å². The van der Waals surface area contributed by atoms with Gasteiger partial charge in [-0.25, -0.2) is 0 Å². The molecule has 0 atom stereocenters. The summed E-state index contributed by atoms with van der Waals surface area (Å²) in [6, 6.07) is 82.3. The van der Waals surface area contributed by atoms with Crippen LogP contribution in [0.25, 0.3) is 22.3 Å². The fourth-order valence-corrected chi connectivity index (χ4v) is 57.5. The summed E-state index contributed by atoms with van der Waals surface area (Å²) >= 11 is 0. The predicted octanol–water partition coefficient (Wildman–Crippen LogP) is 32.3. The lowest BCUT2D eigenvalue weighted by Crippen LogP contribution is -2.63. The van der Waals surface area contributed by atoms with Gasteiger partial charge in [0.25, 0.3) is 0 Å². The molecule has 0 aromatic heterocycles. The largest absolute Gasteiger partial charge is 0.385 e. The molecule has 2 heterocycles. The molecule has 0 unspecified atom stereocenters. The Kier molecular flexibility index (Phi) is 41.0. The van der Waals surface area contributed by atoms with Crippen molar-refractivity contribution < 1.29 is 14.2 Å². The van der Waals surface area contributed by atoms with E-state index in [1.165, 1.54) is 215 Å². The van der Waals surface area contributed by atoms with Gasteiger partial charge in [0.15, 0.2) is 0 Å². The first-order valence-electron chi connectivity index (χ1n) is 51.9. The minimum absolute atomic E-state index is 0.0417. The van der Waals surface area contributed by atoms with Crippen molar-refractivity contribution in [1.82, 2.24) is 0 Å². The number of benzene rings is 8. The minimum Gasteiger partial charge on any atom is -0.385 e. The second-order valence-corrected chi connectivity index (χ2v) is 76.0. The van der Waals surface area contributed by atoms with E-state index in [9.17, 15) is 0 Å². The summed E-state index contributed by atoms with van der Waals surface area (Å²) in [6.07, 6.45) is 43.1. The van der Waals surface area contributed by atoms with Gasteiger partial charge in [-0.05, 0) is 159 Å². The zero-order chi connectivity index (χ0) is 93.9. The highest BCUT2D eigenvalue weighted by Gasteiger charge is 2.58. The Morgan fingerprint density at radius 3 is 0.609 bits per heavy atom. The number of ether oxygens (including phenoxy) is 3. The van der Waals surface area contributed by atoms with E-state index in [1.54, 1.807) is 62.8 Å². The molecule has 9 heteroatoms. The van der Waals surface area contributed by atoms with Crippen molar-refractivity contribution in [2.75, 3.05) is 34.5 Å². The molecule has 2 aliphatic heterocycles. The third kappa shape index (κ3) is 23.9. The van der Waals surface area contributed by atoms with Crippen LogP contribution in [-0.4, -0.2) is 88.6 Å². The lowest BCUT2D eigenvalue weighted by Gasteiger charge is -2.53. The smallest absolute Gasteiger partial charge is 0.122 e. The second kappa shape index (κ2) is 48.4. The van der Waals surface area contributed by atoms with Crippen LogP contribution in [0, 0.1) is 0 Å². The first-order chi connectivity index (χ1) is 60.7. The lowest BCUT2D eigenvalue weighted by molar-refractivity contribution is 0.0397. The van der Waals surface area contributed by atoms with Gasteiger partial charge < -0.3 is 14.2 Å². The first-order valence-corrected chi connectivity index (χ1v) is 67.2. The van der Waals surface area contributed by atoms with Crippen LogP contribution in [0.1, 0.15) is 324 Å². The molecule has 0 spiro atoms. The van der Waals surface area contributed by atoms with E-state index in [0.717, 1.165) is 35.4 Å². The van der Waals surface area contributed by atoms with Crippen LogP contribution < -0.4 is 41.5 Å². The molecular weight excluding hydrogens is 1650 g/mol. The molecule has 706 valence electrons. The van der Waals surface area contributed by atoms with Gasteiger partial charge >= 0.3 is 0 Å². The number of methoxy groups -OCH3 is 3. The number of hydrogen-bond acceptors (Lipinski definition) is 3. The zero-order valence-electron chi connectivity index (χ0n) is 87.4. The predicted molar refractivity (Wildman–Crippen MR) is 587 cm³/mol. The van der Waals surface area contributed by atoms with Gasteiger partial charge in [-0.15, -0.1) is 0 Å². The third-order valence-corrected chi connectivity index (χ3v) is 76.5. The quantitative estimate of drug-likeness (QED) is 0.0903. The highest BCUT2D eigenvalue weighted by Crippen LogP contribution is 2.61. The summed E-state index contributed by atoms with van der Waals surface area (Å²) in [4.78, 5) is 0. The molecule has 0 amide bonds. The van der Waals surface area contributed by atoms with Crippen LogP contribution in [-0.2, 0) is 14.2 Å². The van der Waals surface area contributed by atoms with Crippen molar-refractivity contribution in [3.05, 3.63) is 218 Å². The summed E-state index contributed by atoms with van der Waals surface area (Å²) in [5, 5.41) is 16.6. The molecule has 8 aliphatic rings. The Morgan fingerprint density at radius 2 is 0.438 bits per heavy atom. The Bertz CT molecular complexity index is 3970. The van der Waals surface area contributed by atoms with Crippen LogP contribution in [0.5, 0.6) is 0 Å². The maximum Gasteiger partial charge on any atom is 0.122 e. The molecule has 8 aromatic rings. The van der Waals surface area contributed by atoms with Gasteiger partial charge in [-0.2, -0.15) is 0 Å². The van der Waals surface area contributed by atoms with E-state index in [2.05, 4.69) is 364 Å². The number of fused-ring (bicyclic) bond motifs is 6. The van der Waals surface area contributed by atoms with E-state index >= 15 is 0 Å². The van der Waals surface area contributed by atoms with Crippen molar-refractivity contribution in [1.29, 1.82) is 0 Å². The van der Waals surface area contributed by atoms with E-state index in [-0.39, 0.29) is 5.60 Å². The third-order valence-electron chi connectivity index (χ3n) is 37.0. The van der Waals surface area contributed by atoms with E-state index in [4.69, 9.17) is 4.74 Å². The van der Waals surface area contributed by atoms with Crippen LogP contribution >= 0.6 is 0 Å². The lowest BCUT2D eigenvalue weighted by atomic mass is 9.90. The standard InChI is InChI=1S/2C20H24Si.2C20H26Si.2C14H30Si.C5H12O.2C3H8O/c2*1-20(14-8-3-9-15-20)21(2)18-12-6-4-10-16(18)17-11-5-7-13-19(17)21;2*1-20(16-10-5-11-17-20)21(2,18-12-6-3-7-13-18)19-14-8-4-9-15-19;2*1-12(2)15(6,13(3)4)14(5)10-8-7-9-11-14;1-5(2,3)6-4;2*1-3-4-2/h2*4-7,10-13H,3,8-9,14-15H2,1-2H3;2*3-4,6-9,12-15H,5,10-11,16-17H2,1-2H3;2*12-13H,7-11H2,1-6H3;1-4H3;2*3H2,1-2H3.